The summed E-state index contributed by atoms with van der Waals surface area (Å²) in [6.45, 7) is 0. The maximum absolute atomic E-state index is 5.15. The average Bonchev–Trinajstić information content (AvgIpc) is 3.85. The molecule has 11 rings (SSSR count). The van der Waals surface area contributed by atoms with E-state index in [1.54, 1.807) is 11.3 Å². The Bertz CT molecular complexity index is 3220. The monoisotopic (exact) mass is 749 g/mol. The normalized spacial score (nSPS) is 11.6. The number of fused-ring (bicyclic) bond motifs is 6. The highest BCUT2D eigenvalue weighted by atomic mass is 32.1. The Kier molecular flexibility index (Phi) is 7.87. The quantitative estimate of drug-likeness (QED) is 0.170. The van der Waals surface area contributed by atoms with Gasteiger partial charge in [-0.3, -0.25) is 0 Å². The van der Waals surface area contributed by atoms with Gasteiger partial charge in [0.2, 0.25) is 0 Å². The number of hydrogen-bond acceptors (Lipinski definition) is 5. The predicted octanol–water partition coefficient (Wildman–Crippen LogP) is 14.6. The minimum atomic E-state index is 0.653. The Morgan fingerprint density at radius 2 is 0.786 bits per heavy atom. The van der Waals surface area contributed by atoms with E-state index in [-0.39, 0.29) is 0 Å². The molecule has 0 N–H and O–H groups in total. The van der Waals surface area contributed by atoms with Gasteiger partial charge in [0.05, 0.1) is 0 Å². The van der Waals surface area contributed by atoms with Crippen molar-refractivity contribution >= 4 is 63.0 Å². The first kappa shape index (κ1) is 32.6. The van der Waals surface area contributed by atoms with Crippen LogP contribution in [0.2, 0.25) is 0 Å². The lowest BCUT2D eigenvalue weighted by molar-refractivity contribution is 1.08. The molecule has 5 heteroatoms. The lowest BCUT2D eigenvalue weighted by Gasteiger charge is -2.10. The van der Waals surface area contributed by atoms with Crippen LogP contribution in [-0.4, -0.2) is 15.0 Å². The summed E-state index contributed by atoms with van der Waals surface area (Å²) in [6.07, 6.45) is 0. The number of benzene rings is 8. The van der Waals surface area contributed by atoms with Crippen LogP contribution in [0.5, 0.6) is 0 Å². The number of nitrogens with zero attached hydrogens (tertiary/aromatic N) is 3. The van der Waals surface area contributed by atoms with E-state index in [9.17, 15) is 0 Å². The van der Waals surface area contributed by atoms with E-state index in [1.807, 2.05) is 35.6 Å². The van der Waals surface area contributed by atoms with Gasteiger partial charge in [-0.2, -0.15) is 0 Å². The molecule has 0 fully saturated rings. The van der Waals surface area contributed by atoms with Crippen molar-refractivity contribution in [2.24, 2.45) is 0 Å². The summed E-state index contributed by atoms with van der Waals surface area (Å²) in [5, 5.41) is 5.06. The molecular weight excluding hydrogens is 719 g/mol. The Hall–Kier alpha value is -6.79. The Labute approximate surface area is 331 Å². The van der Waals surface area contributed by atoms with Gasteiger partial charge < -0.3 is 0 Å². The first-order valence-corrected chi connectivity index (χ1v) is 20.3. The molecule has 0 saturated heterocycles. The Morgan fingerprint density at radius 1 is 0.286 bits per heavy atom. The largest absolute Gasteiger partial charge is 0.208 e. The standard InChI is InChI=1S/C51H31N3S2/c1-4-12-32(13-5-1)33-22-24-36(25-23-33)50-52-49(35-16-8-3-9-17-35)53-51(54-50)41-20-10-19-40-42-30-37(26-28-44(42)56-48(40)41)38-27-29-45-43(31-38)47-39(18-11-21-46(47)55-45)34-14-6-2-7-15-34/h1-31H. The second-order valence-corrected chi connectivity index (χ2v) is 16.1. The van der Waals surface area contributed by atoms with Gasteiger partial charge in [0.25, 0.3) is 0 Å². The Balaban J connectivity index is 1.03. The van der Waals surface area contributed by atoms with Crippen LogP contribution in [0.3, 0.4) is 0 Å². The zero-order valence-corrected chi connectivity index (χ0v) is 31.7. The summed E-state index contributed by atoms with van der Waals surface area (Å²) in [6, 6.07) is 66.8. The molecule has 0 unspecified atom stereocenters. The molecule has 0 radical (unpaired) electrons. The maximum atomic E-state index is 5.15. The first-order valence-electron chi connectivity index (χ1n) is 18.7. The molecule has 0 bridgehead atoms. The van der Waals surface area contributed by atoms with Crippen molar-refractivity contribution in [3.8, 4) is 67.5 Å². The SMILES string of the molecule is c1ccc(-c2ccc(-c3nc(-c4ccccc4)nc(-c4cccc5c4sc4ccc(-c6ccc7sc8cccc(-c9ccccc9)c8c7c6)cc45)n3)cc2)cc1. The highest BCUT2D eigenvalue weighted by Gasteiger charge is 2.18. The third-order valence-corrected chi connectivity index (χ3v) is 12.9. The van der Waals surface area contributed by atoms with Crippen molar-refractivity contribution in [2.45, 2.75) is 0 Å². The van der Waals surface area contributed by atoms with Crippen LogP contribution in [0.15, 0.2) is 188 Å². The third kappa shape index (κ3) is 5.68. The van der Waals surface area contributed by atoms with Crippen LogP contribution in [0, 0.1) is 0 Å². The van der Waals surface area contributed by atoms with Gasteiger partial charge in [-0.05, 0) is 69.8 Å². The van der Waals surface area contributed by atoms with Gasteiger partial charge in [0.15, 0.2) is 17.5 Å². The summed E-state index contributed by atoms with van der Waals surface area (Å²) in [7, 11) is 0. The van der Waals surface area contributed by atoms with E-state index in [1.165, 1.54) is 68.2 Å². The molecule has 0 saturated carbocycles. The van der Waals surface area contributed by atoms with E-state index in [0.29, 0.717) is 17.5 Å². The summed E-state index contributed by atoms with van der Waals surface area (Å²) in [4.78, 5) is 15.3. The van der Waals surface area contributed by atoms with E-state index in [0.717, 1.165) is 22.3 Å². The van der Waals surface area contributed by atoms with Crippen LogP contribution < -0.4 is 0 Å². The lowest BCUT2D eigenvalue weighted by Crippen LogP contribution is -2.00. The van der Waals surface area contributed by atoms with Gasteiger partial charge in [0, 0.05) is 57.0 Å². The molecule has 0 aliphatic rings. The molecule has 0 atom stereocenters. The van der Waals surface area contributed by atoms with Crippen LogP contribution in [0.1, 0.15) is 0 Å². The molecule has 56 heavy (non-hydrogen) atoms. The minimum Gasteiger partial charge on any atom is -0.208 e. The third-order valence-electron chi connectivity index (χ3n) is 10.6. The zero-order chi connectivity index (χ0) is 37.0. The van der Waals surface area contributed by atoms with Crippen LogP contribution in [-0.2, 0) is 0 Å². The molecule has 0 aliphatic carbocycles. The van der Waals surface area contributed by atoms with Gasteiger partial charge in [-0.15, -0.1) is 22.7 Å². The summed E-state index contributed by atoms with van der Waals surface area (Å²) in [5.41, 5.74) is 10.2. The van der Waals surface area contributed by atoms with Crippen LogP contribution >= 0.6 is 22.7 Å². The van der Waals surface area contributed by atoms with Crippen LogP contribution in [0.25, 0.3) is 108 Å². The fraction of sp³-hybridized carbons (Fsp3) is 0. The fourth-order valence-electron chi connectivity index (χ4n) is 7.80. The van der Waals surface area contributed by atoms with Crippen molar-refractivity contribution < 1.29 is 0 Å². The number of rotatable bonds is 6. The van der Waals surface area contributed by atoms with E-state index >= 15 is 0 Å². The molecule has 3 aromatic heterocycles. The topological polar surface area (TPSA) is 38.7 Å². The summed E-state index contributed by atoms with van der Waals surface area (Å²) < 4.78 is 5.02. The van der Waals surface area contributed by atoms with Crippen molar-refractivity contribution in [1.29, 1.82) is 0 Å². The number of aromatic nitrogens is 3. The van der Waals surface area contributed by atoms with E-state index in [4.69, 9.17) is 15.0 Å². The van der Waals surface area contributed by atoms with Crippen molar-refractivity contribution in [3.63, 3.8) is 0 Å². The molecule has 3 heterocycles. The molecule has 8 aromatic carbocycles. The summed E-state index contributed by atoms with van der Waals surface area (Å²) >= 11 is 3.66. The van der Waals surface area contributed by atoms with E-state index in [2.05, 4.69) is 164 Å². The van der Waals surface area contributed by atoms with Crippen molar-refractivity contribution in [2.75, 3.05) is 0 Å². The summed E-state index contributed by atoms with van der Waals surface area (Å²) in [5.74, 6) is 1.98. The molecule has 0 spiro atoms. The first-order chi connectivity index (χ1) is 27.7. The second kappa shape index (κ2) is 13.5. The highest BCUT2D eigenvalue weighted by Crippen LogP contribution is 2.44. The molecule has 0 aliphatic heterocycles. The average molecular weight is 750 g/mol. The van der Waals surface area contributed by atoms with Gasteiger partial charge in [-0.1, -0.05) is 152 Å². The number of hydrogen-bond donors (Lipinski definition) is 0. The Morgan fingerprint density at radius 3 is 1.48 bits per heavy atom. The van der Waals surface area contributed by atoms with Crippen LogP contribution in [0.4, 0.5) is 0 Å². The molecule has 0 amide bonds. The molecule has 11 aromatic rings. The smallest absolute Gasteiger partial charge is 0.165 e. The van der Waals surface area contributed by atoms with Gasteiger partial charge in [-0.25, -0.2) is 15.0 Å². The molecule has 3 nitrogen and oxygen atoms in total. The van der Waals surface area contributed by atoms with Crippen molar-refractivity contribution in [3.05, 3.63) is 188 Å². The fourth-order valence-corrected chi connectivity index (χ4v) is 10.1. The lowest BCUT2D eigenvalue weighted by atomic mass is 9.97. The predicted molar refractivity (Wildman–Crippen MR) is 238 cm³/mol. The molecular formula is C51H31N3S2. The zero-order valence-electron chi connectivity index (χ0n) is 30.1. The van der Waals surface area contributed by atoms with Gasteiger partial charge >= 0.3 is 0 Å². The second-order valence-electron chi connectivity index (χ2n) is 14.0. The number of thiophene rings is 2. The maximum Gasteiger partial charge on any atom is 0.165 e. The van der Waals surface area contributed by atoms with Crippen molar-refractivity contribution in [1.82, 2.24) is 15.0 Å². The highest BCUT2D eigenvalue weighted by molar-refractivity contribution is 7.26. The van der Waals surface area contributed by atoms with Gasteiger partial charge in [0.1, 0.15) is 0 Å². The van der Waals surface area contributed by atoms with E-state index < -0.39 is 0 Å². The minimum absolute atomic E-state index is 0.653. The molecule has 262 valence electrons.